The quantitative estimate of drug-likeness (QED) is 0.797. The van der Waals surface area contributed by atoms with Crippen molar-refractivity contribution in [2.45, 2.75) is 32.8 Å². The molecule has 1 fully saturated rings. The molecule has 2 aromatic carbocycles. The predicted molar refractivity (Wildman–Crippen MR) is 96.3 cm³/mol. The molecule has 0 bridgehead atoms. The minimum atomic E-state index is -0.897. The van der Waals surface area contributed by atoms with E-state index < -0.39 is 12.1 Å². The Balaban J connectivity index is 1.88. The van der Waals surface area contributed by atoms with Crippen molar-refractivity contribution in [2.24, 2.45) is 0 Å². The van der Waals surface area contributed by atoms with E-state index in [0.29, 0.717) is 11.1 Å². The Morgan fingerprint density at radius 2 is 1.68 bits per heavy atom. The van der Waals surface area contributed by atoms with Crippen LogP contribution < -0.4 is 0 Å². The number of benzene rings is 2. The van der Waals surface area contributed by atoms with Gasteiger partial charge in [0, 0.05) is 18.7 Å². The third-order valence-electron chi connectivity index (χ3n) is 4.58. The Morgan fingerprint density at radius 1 is 1.00 bits per heavy atom. The van der Waals surface area contributed by atoms with Crippen LogP contribution in [0.2, 0.25) is 0 Å². The van der Waals surface area contributed by atoms with Crippen molar-refractivity contribution in [1.82, 2.24) is 4.90 Å². The summed E-state index contributed by atoms with van der Waals surface area (Å²) >= 11 is 0. The molecule has 0 radical (unpaired) electrons. The molecule has 0 saturated carbocycles. The SMILES string of the molecule is Cc1ccc(C)c(C(=O)O[C@@H](C(=O)N2CCCC2)c2ccccc2)c1. The van der Waals surface area contributed by atoms with Crippen LogP contribution in [0.3, 0.4) is 0 Å². The van der Waals surface area contributed by atoms with Crippen LogP contribution in [0.5, 0.6) is 0 Å². The number of amides is 1. The minimum absolute atomic E-state index is 0.137. The van der Waals surface area contributed by atoms with E-state index in [-0.39, 0.29) is 5.91 Å². The van der Waals surface area contributed by atoms with Gasteiger partial charge in [0.2, 0.25) is 6.10 Å². The minimum Gasteiger partial charge on any atom is -0.444 e. The summed E-state index contributed by atoms with van der Waals surface area (Å²) in [7, 11) is 0. The highest BCUT2D eigenvalue weighted by molar-refractivity contribution is 5.94. The van der Waals surface area contributed by atoms with E-state index in [0.717, 1.165) is 37.1 Å². The molecular weight excluding hydrogens is 314 g/mol. The largest absolute Gasteiger partial charge is 0.444 e. The van der Waals surface area contributed by atoms with Gasteiger partial charge in [-0.05, 0) is 38.3 Å². The molecule has 1 saturated heterocycles. The summed E-state index contributed by atoms with van der Waals surface area (Å²) in [4.78, 5) is 27.4. The standard InChI is InChI=1S/C21H23NO3/c1-15-10-11-16(2)18(14-15)21(24)25-19(17-8-4-3-5-9-17)20(23)22-12-6-7-13-22/h3-5,8-11,14,19H,6-7,12-13H2,1-2H3/t19-/m1/s1. The van der Waals surface area contributed by atoms with Gasteiger partial charge in [-0.3, -0.25) is 4.79 Å². The van der Waals surface area contributed by atoms with Gasteiger partial charge in [-0.25, -0.2) is 4.79 Å². The van der Waals surface area contributed by atoms with Crippen LogP contribution in [0.25, 0.3) is 0 Å². The lowest BCUT2D eigenvalue weighted by Gasteiger charge is -2.24. The molecule has 3 rings (SSSR count). The fourth-order valence-corrected chi connectivity index (χ4v) is 3.12. The average Bonchev–Trinajstić information content (AvgIpc) is 3.16. The molecular formula is C21H23NO3. The summed E-state index contributed by atoms with van der Waals surface area (Å²) in [5.74, 6) is -0.593. The van der Waals surface area contributed by atoms with Crippen LogP contribution in [0.15, 0.2) is 48.5 Å². The zero-order valence-electron chi connectivity index (χ0n) is 14.7. The molecule has 4 nitrogen and oxygen atoms in total. The summed E-state index contributed by atoms with van der Waals surface area (Å²) in [6.07, 6.45) is 1.10. The maximum atomic E-state index is 12.9. The number of hydrogen-bond acceptors (Lipinski definition) is 3. The highest BCUT2D eigenvalue weighted by Gasteiger charge is 2.31. The third kappa shape index (κ3) is 3.90. The second-order valence-electron chi connectivity index (χ2n) is 6.55. The Labute approximate surface area is 148 Å². The fraction of sp³-hybridized carbons (Fsp3) is 0.333. The Hall–Kier alpha value is -2.62. The summed E-state index contributed by atoms with van der Waals surface area (Å²) in [6.45, 7) is 5.25. The zero-order valence-corrected chi connectivity index (χ0v) is 14.7. The number of carbonyl (C=O) groups is 2. The highest BCUT2D eigenvalue weighted by atomic mass is 16.5. The van der Waals surface area contributed by atoms with Gasteiger partial charge in [0.25, 0.3) is 5.91 Å². The Kier molecular flexibility index (Phi) is 5.17. The summed E-state index contributed by atoms with van der Waals surface area (Å²) in [6, 6.07) is 14.9. The predicted octanol–water partition coefficient (Wildman–Crippen LogP) is 3.82. The molecule has 1 atom stereocenters. The first-order valence-corrected chi connectivity index (χ1v) is 8.68. The molecule has 0 aliphatic carbocycles. The van der Waals surface area contributed by atoms with E-state index in [4.69, 9.17) is 4.74 Å². The van der Waals surface area contributed by atoms with Crippen LogP contribution in [-0.4, -0.2) is 29.9 Å². The topological polar surface area (TPSA) is 46.6 Å². The van der Waals surface area contributed by atoms with Crippen molar-refractivity contribution >= 4 is 11.9 Å². The molecule has 4 heteroatoms. The van der Waals surface area contributed by atoms with Gasteiger partial charge in [-0.1, -0.05) is 48.0 Å². The summed E-state index contributed by atoms with van der Waals surface area (Å²) < 4.78 is 5.70. The van der Waals surface area contributed by atoms with Crippen molar-refractivity contribution < 1.29 is 14.3 Å². The molecule has 0 aromatic heterocycles. The van der Waals surface area contributed by atoms with Gasteiger partial charge < -0.3 is 9.64 Å². The van der Waals surface area contributed by atoms with Gasteiger partial charge in [0.05, 0.1) is 5.56 Å². The molecule has 130 valence electrons. The van der Waals surface area contributed by atoms with E-state index >= 15 is 0 Å². The number of ether oxygens (including phenoxy) is 1. The summed E-state index contributed by atoms with van der Waals surface area (Å²) in [5.41, 5.74) is 3.05. The molecule has 0 spiro atoms. The van der Waals surface area contributed by atoms with Gasteiger partial charge in [0.1, 0.15) is 0 Å². The van der Waals surface area contributed by atoms with Crippen LogP contribution in [0.1, 0.15) is 46.0 Å². The van der Waals surface area contributed by atoms with Crippen molar-refractivity contribution in [3.05, 3.63) is 70.8 Å². The Bertz CT molecular complexity index is 764. The van der Waals surface area contributed by atoms with Crippen LogP contribution in [0, 0.1) is 13.8 Å². The zero-order chi connectivity index (χ0) is 17.8. The van der Waals surface area contributed by atoms with Crippen LogP contribution in [-0.2, 0) is 9.53 Å². The molecule has 1 aliphatic rings. The smallest absolute Gasteiger partial charge is 0.339 e. The Morgan fingerprint density at radius 3 is 2.36 bits per heavy atom. The second kappa shape index (κ2) is 7.51. The van der Waals surface area contributed by atoms with E-state index in [1.54, 1.807) is 11.0 Å². The number of rotatable bonds is 4. The van der Waals surface area contributed by atoms with Crippen LogP contribution in [0.4, 0.5) is 0 Å². The number of nitrogens with zero attached hydrogens (tertiary/aromatic N) is 1. The first-order chi connectivity index (χ1) is 12.1. The molecule has 0 unspecified atom stereocenters. The first-order valence-electron chi connectivity index (χ1n) is 8.68. The highest BCUT2D eigenvalue weighted by Crippen LogP contribution is 2.25. The number of esters is 1. The normalized spacial score (nSPS) is 15.0. The van der Waals surface area contributed by atoms with E-state index in [1.807, 2.05) is 56.3 Å². The van der Waals surface area contributed by atoms with Gasteiger partial charge in [0.15, 0.2) is 0 Å². The number of hydrogen-bond donors (Lipinski definition) is 0. The molecule has 1 amide bonds. The maximum Gasteiger partial charge on any atom is 0.339 e. The second-order valence-corrected chi connectivity index (χ2v) is 6.55. The van der Waals surface area contributed by atoms with Gasteiger partial charge in [-0.15, -0.1) is 0 Å². The number of carbonyl (C=O) groups excluding carboxylic acids is 2. The van der Waals surface area contributed by atoms with Crippen molar-refractivity contribution in [1.29, 1.82) is 0 Å². The lowest BCUT2D eigenvalue weighted by Crippen LogP contribution is -2.35. The van der Waals surface area contributed by atoms with E-state index in [9.17, 15) is 9.59 Å². The molecule has 1 aliphatic heterocycles. The molecule has 25 heavy (non-hydrogen) atoms. The lowest BCUT2D eigenvalue weighted by atomic mass is 10.1. The van der Waals surface area contributed by atoms with E-state index in [1.165, 1.54) is 0 Å². The van der Waals surface area contributed by atoms with Gasteiger partial charge >= 0.3 is 5.97 Å². The van der Waals surface area contributed by atoms with Crippen molar-refractivity contribution in [3.63, 3.8) is 0 Å². The van der Waals surface area contributed by atoms with E-state index in [2.05, 4.69) is 0 Å². The first kappa shape index (κ1) is 17.2. The number of aryl methyl sites for hydroxylation is 2. The average molecular weight is 337 g/mol. The summed E-state index contributed by atoms with van der Waals surface area (Å²) in [5, 5.41) is 0. The molecule has 1 heterocycles. The van der Waals surface area contributed by atoms with Gasteiger partial charge in [-0.2, -0.15) is 0 Å². The lowest BCUT2D eigenvalue weighted by molar-refractivity contribution is -0.140. The maximum absolute atomic E-state index is 12.9. The third-order valence-corrected chi connectivity index (χ3v) is 4.58. The number of likely N-dealkylation sites (tertiary alicyclic amines) is 1. The van der Waals surface area contributed by atoms with Crippen LogP contribution >= 0.6 is 0 Å². The monoisotopic (exact) mass is 337 g/mol. The van der Waals surface area contributed by atoms with Crippen molar-refractivity contribution in [3.8, 4) is 0 Å². The molecule has 2 aromatic rings. The fourth-order valence-electron chi connectivity index (χ4n) is 3.12. The van der Waals surface area contributed by atoms with Crippen molar-refractivity contribution in [2.75, 3.05) is 13.1 Å². The molecule has 0 N–H and O–H groups in total.